The third-order valence-electron chi connectivity index (χ3n) is 1.85. The van der Waals surface area contributed by atoms with Crippen molar-refractivity contribution in [2.45, 2.75) is 0 Å². The number of aromatic nitrogens is 2. The molecule has 82 valence electrons. The van der Waals surface area contributed by atoms with Crippen molar-refractivity contribution in [2.24, 2.45) is 0 Å². The monoisotopic (exact) mass is 282 g/mol. The highest BCUT2D eigenvalue weighted by molar-refractivity contribution is 9.10. The molecule has 0 atom stereocenters. The van der Waals surface area contributed by atoms with Gasteiger partial charge in [0, 0.05) is 4.47 Å². The minimum absolute atomic E-state index is 0.0317. The van der Waals surface area contributed by atoms with Crippen LogP contribution in [0.25, 0.3) is 0 Å². The van der Waals surface area contributed by atoms with E-state index in [-0.39, 0.29) is 11.5 Å². The summed E-state index contributed by atoms with van der Waals surface area (Å²) < 4.78 is 5.10. The van der Waals surface area contributed by atoms with Crippen molar-refractivity contribution in [3.05, 3.63) is 34.4 Å². The highest BCUT2D eigenvalue weighted by atomic mass is 79.9. The maximum atomic E-state index is 11.7. The molecular weight excluding hydrogens is 276 g/mol. The number of nitrogens with one attached hydrogen (secondary N) is 1. The summed E-state index contributed by atoms with van der Waals surface area (Å²) in [4.78, 5) is 11.7. The molecule has 0 unspecified atom stereocenters. The van der Waals surface area contributed by atoms with Gasteiger partial charge < -0.3 is 11.1 Å². The Kier molecular flexibility index (Phi) is 2.86. The van der Waals surface area contributed by atoms with E-state index < -0.39 is 5.91 Å². The predicted octanol–water partition coefficient (Wildman–Crippen LogP) is 1.67. The van der Waals surface area contributed by atoms with Crippen molar-refractivity contribution in [2.75, 3.05) is 11.1 Å². The number of para-hydroxylation sites is 1. The van der Waals surface area contributed by atoms with Gasteiger partial charge in [-0.15, -0.1) is 0 Å². The first-order valence-electron chi connectivity index (χ1n) is 4.32. The molecule has 0 radical (unpaired) electrons. The summed E-state index contributed by atoms with van der Waals surface area (Å²) in [7, 11) is 0. The zero-order valence-corrected chi connectivity index (χ0v) is 9.56. The predicted molar refractivity (Wildman–Crippen MR) is 60.8 cm³/mol. The topological polar surface area (TPSA) is 94.0 Å². The van der Waals surface area contributed by atoms with Gasteiger partial charge in [0.15, 0.2) is 0 Å². The van der Waals surface area contributed by atoms with Gasteiger partial charge in [-0.1, -0.05) is 12.1 Å². The Hall–Kier alpha value is -1.89. The van der Waals surface area contributed by atoms with Crippen molar-refractivity contribution in [3.63, 3.8) is 0 Å². The lowest BCUT2D eigenvalue weighted by molar-refractivity contribution is 0.101. The third kappa shape index (κ3) is 2.03. The highest BCUT2D eigenvalue weighted by Gasteiger charge is 2.16. The molecule has 0 spiro atoms. The van der Waals surface area contributed by atoms with Gasteiger partial charge in [-0.2, -0.15) is 0 Å². The third-order valence-corrected chi connectivity index (χ3v) is 2.54. The first-order chi connectivity index (χ1) is 7.68. The van der Waals surface area contributed by atoms with Gasteiger partial charge in [0.1, 0.15) is 0 Å². The summed E-state index contributed by atoms with van der Waals surface area (Å²) in [6.45, 7) is 0. The molecule has 2 aromatic rings. The van der Waals surface area contributed by atoms with Crippen LogP contribution in [0.3, 0.4) is 0 Å². The van der Waals surface area contributed by atoms with E-state index >= 15 is 0 Å². The molecule has 0 bridgehead atoms. The van der Waals surface area contributed by atoms with E-state index in [0.717, 1.165) is 4.47 Å². The molecule has 3 N–H and O–H groups in total. The van der Waals surface area contributed by atoms with E-state index in [1.54, 1.807) is 18.2 Å². The van der Waals surface area contributed by atoms with Crippen LogP contribution in [-0.2, 0) is 0 Å². The number of anilines is 2. The molecule has 0 aliphatic rings. The van der Waals surface area contributed by atoms with E-state index in [9.17, 15) is 4.79 Å². The number of halogens is 1. The molecule has 0 aliphatic carbocycles. The van der Waals surface area contributed by atoms with Gasteiger partial charge in [0.05, 0.1) is 5.69 Å². The summed E-state index contributed by atoms with van der Waals surface area (Å²) in [5.74, 6) is -0.504. The second-order valence-corrected chi connectivity index (χ2v) is 3.79. The summed E-state index contributed by atoms with van der Waals surface area (Å²) in [5, 5.41) is 9.35. The average molecular weight is 283 g/mol. The molecule has 7 heteroatoms. The quantitative estimate of drug-likeness (QED) is 0.874. The number of rotatable bonds is 2. The van der Waals surface area contributed by atoms with Gasteiger partial charge in [0.25, 0.3) is 5.91 Å². The van der Waals surface area contributed by atoms with E-state index in [2.05, 4.69) is 36.2 Å². The number of hydrogen-bond acceptors (Lipinski definition) is 5. The summed E-state index contributed by atoms with van der Waals surface area (Å²) in [5.41, 5.74) is 5.98. The van der Waals surface area contributed by atoms with Crippen LogP contribution >= 0.6 is 15.9 Å². The van der Waals surface area contributed by atoms with Crippen molar-refractivity contribution < 1.29 is 9.42 Å². The van der Waals surface area contributed by atoms with E-state index in [1.165, 1.54) is 0 Å². The van der Waals surface area contributed by atoms with Crippen molar-refractivity contribution in [3.8, 4) is 0 Å². The molecule has 6 nitrogen and oxygen atoms in total. The Labute approximate surface area is 98.9 Å². The minimum atomic E-state index is -0.467. The SMILES string of the molecule is Nc1nonc1C(=O)Nc1ccccc1Br. The molecule has 0 fully saturated rings. The standard InChI is InChI=1S/C9H7BrN4O2/c10-5-3-1-2-4-6(5)12-9(15)7-8(11)14-16-13-7/h1-4H,(H2,11,14)(H,12,15). The lowest BCUT2D eigenvalue weighted by Crippen LogP contribution is -2.14. The Balaban J connectivity index is 2.21. The van der Waals surface area contributed by atoms with Crippen LogP contribution < -0.4 is 11.1 Å². The lowest BCUT2D eigenvalue weighted by Gasteiger charge is -2.04. The van der Waals surface area contributed by atoms with Crippen molar-refractivity contribution in [1.29, 1.82) is 0 Å². The molecule has 0 aliphatic heterocycles. The fourth-order valence-electron chi connectivity index (χ4n) is 1.10. The largest absolute Gasteiger partial charge is 0.379 e. The molecule has 1 aromatic heterocycles. The fourth-order valence-corrected chi connectivity index (χ4v) is 1.48. The first-order valence-corrected chi connectivity index (χ1v) is 5.11. The van der Waals surface area contributed by atoms with Gasteiger partial charge in [-0.25, -0.2) is 4.63 Å². The smallest absolute Gasteiger partial charge is 0.281 e. The highest BCUT2D eigenvalue weighted by Crippen LogP contribution is 2.22. The van der Waals surface area contributed by atoms with Crippen LogP contribution in [-0.4, -0.2) is 16.2 Å². The van der Waals surface area contributed by atoms with Gasteiger partial charge in [-0.05, 0) is 38.4 Å². The Morgan fingerprint density at radius 3 is 2.75 bits per heavy atom. The second-order valence-electron chi connectivity index (χ2n) is 2.93. The molecule has 1 heterocycles. The summed E-state index contributed by atoms with van der Waals surface area (Å²) >= 11 is 3.30. The summed E-state index contributed by atoms with van der Waals surface area (Å²) in [6, 6.07) is 7.18. The molecule has 16 heavy (non-hydrogen) atoms. The number of carbonyl (C=O) groups excluding carboxylic acids is 1. The van der Waals surface area contributed by atoms with Gasteiger partial charge in [-0.3, -0.25) is 4.79 Å². The molecule has 0 saturated carbocycles. The number of carbonyl (C=O) groups is 1. The number of nitrogens with two attached hydrogens (primary N) is 1. The van der Waals surface area contributed by atoms with Gasteiger partial charge >= 0.3 is 0 Å². The Bertz CT molecular complexity index is 526. The van der Waals surface area contributed by atoms with E-state index in [4.69, 9.17) is 5.73 Å². The molecule has 0 saturated heterocycles. The fraction of sp³-hybridized carbons (Fsp3) is 0. The maximum absolute atomic E-state index is 11.7. The molecular formula is C9H7BrN4O2. The number of nitrogens with zero attached hydrogens (tertiary/aromatic N) is 2. The van der Waals surface area contributed by atoms with Crippen molar-refractivity contribution in [1.82, 2.24) is 10.3 Å². The second kappa shape index (κ2) is 4.31. The minimum Gasteiger partial charge on any atom is -0.379 e. The lowest BCUT2D eigenvalue weighted by atomic mass is 10.3. The summed E-state index contributed by atoms with van der Waals surface area (Å²) in [6.07, 6.45) is 0. The van der Waals surface area contributed by atoms with Crippen LogP contribution in [0.2, 0.25) is 0 Å². The Morgan fingerprint density at radius 1 is 1.38 bits per heavy atom. The van der Waals surface area contributed by atoms with Crippen LogP contribution in [0.15, 0.2) is 33.4 Å². The number of nitrogen functional groups attached to an aromatic ring is 1. The molecule has 1 aromatic carbocycles. The zero-order chi connectivity index (χ0) is 11.5. The number of hydrogen-bond donors (Lipinski definition) is 2. The molecule has 1 amide bonds. The van der Waals surface area contributed by atoms with Crippen LogP contribution in [0.4, 0.5) is 11.5 Å². The molecule has 2 rings (SSSR count). The van der Waals surface area contributed by atoms with Gasteiger partial charge in [0.2, 0.25) is 11.5 Å². The maximum Gasteiger partial charge on any atom is 0.281 e. The van der Waals surface area contributed by atoms with Crippen LogP contribution in [0, 0.1) is 0 Å². The zero-order valence-electron chi connectivity index (χ0n) is 7.98. The van der Waals surface area contributed by atoms with Crippen LogP contribution in [0.5, 0.6) is 0 Å². The van der Waals surface area contributed by atoms with Crippen LogP contribution in [0.1, 0.15) is 10.5 Å². The van der Waals surface area contributed by atoms with E-state index in [1.807, 2.05) is 6.07 Å². The van der Waals surface area contributed by atoms with E-state index in [0.29, 0.717) is 5.69 Å². The number of amides is 1. The normalized spacial score (nSPS) is 10.1. The number of benzene rings is 1. The average Bonchev–Trinajstić information content (AvgIpc) is 2.68. The van der Waals surface area contributed by atoms with Crippen molar-refractivity contribution >= 4 is 33.3 Å². The Morgan fingerprint density at radius 2 is 2.12 bits per heavy atom. The first kappa shape index (κ1) is 10.6.